The van der Waals surface area contributed by atoms with Crippen LogP contribution in [-0.4, -0.2) is 14.3 Å². The first-order valence-corrected chi connectivity index (χ1v) is 12.0. The Balaban J connectivity index is 1.38. The molecule has 2 N–H and O–H groups in total. The van der Waals surface area contributed by atoms with Gasteiger partial charge in [-0.05, 0) is 67.9 Å². The van der Waals surface area contributed by atoms with Crippen LogP contribution >= 0.6 is 0 Å². The summed E-state index contributed by atoms with van der Waals surface area (Å²) in [5.41, 5.74) is 2.47. The van der Waals surface area contributed by atoms with Gasteiger partial charge in [0.25, 0.3) is 5.91 Å². The molecule has 0 aliphatic rings. The molecule has 0 saturated carbocycles. The Hall–Kier alpha value is -3.82. The van der Waals surface area contributed by atoms with Crippen molar-refractivity contribution in [1.82, 2.24) is 4.72 Å². The average Bonchev–Trinajstić information content (AvgIpc) is 3.50. The molecule has 0 fully saturated rings. The Morgan fingerprint density at radius 1 is 0.971 bits per heavy atom. The number of hydrogen-bond donors (Lipinski definition) is 2. The molecule has 0 aliphatic heterocycles. The van der Waals surface area contributed by atoms with E-state index in [-0.39, 0.29) is 23.8 Å². The van der Waals surface area contributed by atoms with Gasteiger partial charge in [-0.2, -0.15) is 0 Å². The van der Waals surface area contributed by atoms with E-state index in [2.05, 4.69) is 10.0 Å². The maximum absolute atomic E-state index is 12.6. The Kier molecular flexibility index (Phi) is 6.85. The molecule has 0 atom stereocenters. The first-order chi connectivity index (χ1) is 16.3. The third-order valence-electron chi connectivity index (χ3n) is 5.00. The van der Waals surface area contributed by atoms with E-state index < -0.39 is 15.9 Å². The fourth-order valence-corrected chi connectivity index (χ4v) is 4.32. The van der Waals surface area contributed by atoms with Crippen LogP contribution in [0.5, 0.6) is 5.75 Å². The molecular weight excluding hydrogens is 456 g/mol. The standard InChI is InChI=1S/C25H24N2O6S/c1-17-8-10-23(18(2)13-17)32-16-21-9-11-24(33-21)25(28)27-19-5-3-7-22(14-19)34(29,30)26-15-20-6-4-12-31-20/h3-14,26H,15-16H2,1-2H3,(H,27,28). The van der Waals surface area contributed by atoms with Gasteiger partial charge < -0.3 is 18.9 Å². The maximum Gasteiger partial charge on any atom is 0.291 e. The monoisotopic (exact) mass is 480 g/mol. The maximum atomic E-state index is 12.6. The average molecular weight is 481 g/mol. The molecule has 0 radical (unpaired) electrons. The first-order valence-electron chi connectivity index (χ1n) is 10.5. The van der Waals surface area contributed by atoms with E-state index in [1.165, 1.54) is 18.4 Å². The zero-order chi connectivity index (χ0) is 24.1. The van der Waals surface area contributed by atoms with Crippen molar-refractivity contribution in [2.75, 3.05) is 5.32 Å². The van der Waals surface area contributed by atoms with E-state index in [4.69, 9.17) is 13.6 Å². The van der Waals surface area contributed by atoms with Crippen LogP contribution in [0.4, 0.5) is 5.69 Å². The highest BCUT2D eigenvalue weighted by Crippen LogP contribution is 2.21. The number of aryl methyl sites for hydroxylation is 2. The number of anilines is 1. The van der Waals surface area contributed by atoms with Gasteiger partial charge in [-0.1, -0.05) is 23.8 Å². The Morgan fingerprint density at radius 2 is 1.82 bits per heavy atom. The van der Waals surface area contributed by atoms with Gasteiger partial charge in [-0.3, -0.25) is 4.79 Å². The fraction of sp³-hybridized carbons (Fsp3) is 0.160. The van der Waals surface area contributed by atoms with Crippen molar-refractivity contribution in [3.05, 3.63) is 101 Å². The quantitative estimate of drug-likeness (QED) is 0.356. The second kappa shape index (κ2) is 9.98. The molecule has 176 valence electrons. The van der Waals surface area contributed by atoms with E-state index in [0.717, 1.165) is 16.9 Å². The summed E-state index contributed by atoms with van der Waals surface area (Å²) in [4.78, 5) is 12.6. The van der Waals surface area contributed by atoms with Gasteiger partial charge in [0.2, 0.25) is 10.0 Å². The van der Waals surface area contributed by atoms with E-state index in [0.29, 0.717) is 17.2 Å². The van der Waals surface area contributed by atoms with Crippen molar-refractivity contribution < 1.29 is 26.8 Å². The van der Waals surface area contributed by atoms with Gasteiger partial charge in [-0.25, -0.2) is 13.1 Å². The molecule has 0 saturated heterocycles. The van der Waals surface area contributed by atoms with Crippen LogP contribution in [0, 0.1) is 13.8 Å². The van der Waals surface area contributed by atoms with Crippen LogP contribution in [0.2, 0.25) is 0 Å². The Labute approximate surface area is 197 Å². The molecule has 4 aromatic rings. The zero-order valence-electron chi connectivity index (χ0n) is 18.7. The molecule has 0 bridgehead atoms. The summed E-state index contributed by atoms with van der Waals surface area (Å²) in [6.45, 7) is 4.17. The second-order valence-electron chi connectivity index (χ2n) is 7.71. The molecule has 2 aromatic heterocycles. The van der Waals surface area contributed by atoms with Crippen molar-refractivity contribution >= 4 is 21.6 Å². The van der Waals surface area contributed by atoms with Gasteiger partial charge in [0, 0.05) is 5.69 Å². The number of amides is 1. The number of nitrogens with one attached hydrogen (secondary N) is 2. The fourth-order valence-electron chi connectivity index (χ4n) is 3.28. The number of furan rings is 2. The third-order valence-corrected chi connectivity index (χ3v) is 6.40. The summed E-state index contributed by atoms with van der Waals surface area (Å²) in [6.07, 6.45) is 1.47. The lowest BCUT2D eigenvalue weighted by atomic mass is 10.1. The highest BCUT2D eigenvalue weighted by Gasteiger charge is 2.17. The van der Waals surface area contributed by atoms with Crippen LogP contribution < -0.4 is 14.8 Å². The minimum Gasteiger partial charge on any atom is -0.485 e. The normalized spacial score (nSPS) is 11.4. The lowest BCUT2D eigenvalue weighted by Crippen LogP contribution is -2.23. The summed E-state index contributed by atoms with van der Waals surface area (Å²) < 4.78 is 44.1. The Morgan fingerprint density at radius 3 is 2.59 bits per heavy atom. The lowest BCUT2D eigenvalue weighted by Gasteiger charge is -2.09. The van der Waals surface area contributed by atoms with E-state index in [1.54, 1.807) is 36.4 Å². The molecule has 0 unspecified atom stereocenters. The summed E-state index contributed by atoms with van der Waals surface area (Å²) >= 11 is 0. The smallest absolute Gasteiger partial charge is 0.291 e. The molecule has 34 heavy (non-hydrogen) atoms. The van der Waals surface area contributed by atoms with Gasteiger partial charge in [0.1, 0.15) is 23.9 Å². The van der Waals surface area contributed by atoms with Crippen LogP contribution in [-0.2, 0) is 23.2 Å². The molecule has 1 amide bonds. The predicted octanol–water partition coefficient (Wildman–Crippen LogP) is 4.80. The SMILES string of the molecule is Cc1ccc(OCc2ccc(C(=O)Nc3cccc(S(=O)(=O)NCc4ccco4)c3)o2)c(C)c1. The number of sulfonamides is 1. The third kappa shape index (κ3) is 5.75. The van der Waals surface area contributed by atoms with Crippen LogP contribution in [0.15, 0.2) is 86.7 Å². The topological polar surface area (TPSA) is 111 Å². The summed E-state index contributed by atoms with van der Waals surface area (Å²) in [5, 5.41) is 2.66. The molecular formula is C25H24N2O6S. The number of rotatable bonds is 9. The van der Waals surface area contributed by atoms with Crippen molar-refractivity contribution in [1.29, 1.82) is 0 Å². The van der Waals surface area contributed by atoms with Crippen LogP contribution in [0.3, 0.4) is 0 Å². The van der Waals surface area contributed by atoms with Crippen molar-refractivity contribution in [3.8, 4) is 5.75 Å². The summed E-state index contributed by atoms with van der Waals surface area (Å²) in [6, 6.07) is 18.4. The molecule has 8 nitrogen and oxygen atoms in total. The summed E-state index contributed by atoms with van der Waals surface area (Å²) in [5.74, 6) is 1.30. The van der Waals surface area contributed by atoms with Gasteiger partial charge in [-0.15, -0.1) is 0 Å². The molecule has 0 spiro atoms. The zero-order valence-corrected chi connectivity index (χ0v) is 19.5. The predicted molar refractivity (Wildman–Crippen MR) is 126 cm³/mol. The Bertz CT molecular complexity index is 1390. The van der Waals surface area contributed by atoms with E-state index in [1.807, 2.05) is 32.0 Å². The number of ether oxygens (including phenoxy) is 1. The molecule has 9 heteroatoms. The molecule has 4 rings (SSSR count). The van der Waals surface area contributed by atoms with E-state index >= 15 is 0 Å². The second-order valence-corrected chi connectivity index (χ2v) is 9.48. The molecule has 2 aromatic carbocycles. The largest absolute Gasteiger partial charge is 0.485 e. The number of hydrogen-bond acceptors (Lipinski definition) is 6. The minimum atomic E-state index is -3.80. The lowest BCUT2D eigenvalue weighted by molar-refractivity contribution is 0.0992. The van der Waals surface area contributed by atoms with Crippen molar-refractivity contribution in [2.45, 2.75) is 31.9 Å². The number of carbonyl (C=O) groups is 1. The molecule has 0 aliphatic carbocycles. The highest BCUT2D eigenvalue weighted by molar-refractivity contribution is 7.89. The van der Waals surface area contributed by atoms with E-state index in [9.17, 15) is 13.2 Å². The van der Waals surface area contributed by atoms with Gasteiger partial charge in [0.15, 0.2) is 5.76 Å². The minimum absolute atomic E-state index is 0.0128. The van der Waals surface area contributed by atoms with Gasteiger partial charge in [0.05, 0.1) is 17.7 Å². The van der Waals surface area contributed by atoms with Crippen molar-refractivity contribution in [3.63, 3.8) is 0 Å². The van der Waals surface area contributed by atoms with Crippen LogP contribution in [0.25, 0.3) is 0 Å². The summed E-state index contributed by atoms with van der Waals surface area (Å²) in [7, 11) is -3.80. The highest BCUT2D eigenvalue weighted by atomic mass is 32.2. The number of benzene rings is 2. The van der Waals surface area contributed by atoms with Crippen LogP contribution in [0.1, 0.15) is 33.2 Å². The van der Waals surface area contributed by atoms with Crippen molar-refractivity contribution in [2.24, 2.45) is 0 Å². The molecule has 2 heterocycles. The number of carbonyl (C=O) groups excluding carboxylic acids is 1. The van der Waals surface area contributed by atoms with Gasteiger partial charge >= 0.3 is 0 Å². The first kappa shape index (κ1) is 23.3.